The summed E-state index contributed by atoms with van der Waals surface area (Å²) in [7, 11) is 4.95. The summed E-state index contributed by atoms with van der Waals surface area (Å²) in [5.41, 5.74) is 0.609. The van der Waals surface area contributed by atoms with Gasteiger partial charge in [-0.2, -0.15) is 0 Å². The van der Waals surface area contributed by atoms with E-state index in [0.29, 0.717) is 17.2 Å². The van der Waals surface area contributed by atoms with Crippen LogP contribution in [-0.2, 0) is 4.79 Å². The molecule has 0 saturated carbocycles. The predicted octanol–water partition coefficient (Wildman–Crippen LogP) is 2.78. The number of carbonyl (C=O) groups is 1. The van der Waals surface area contributed by atoms with Gasteiger partial charge in [-0.25, -0.2) is 9.97 Å². The van der Waals surface area contributed by atoms with Crippen LogP contribution in [-0.4, -0.2) is 43.7 Å². The summed E-state index contributed by atoms with van der Waals surface area (Å²) in [5.74, 6) is 1.78. The summed E-state index contributed by atoms with van der Waals surface area (Å²) in [6.07, 6.45) is 1.51. The molecule has 8 heteroatoms. The van der Waals surface area contributed by atoms with Crippen molar-refractivity contribution in [3.63, 3.8) is 0 Å². The van der Waals surface area contributed by atoms with E-state index in [0.717, 1.165) is 16.0 Å². The van der Waals surface area contributed by atoms with Gasteiger partial charge in [-0.05, 0) is 11.4 Å². The first-order valence-corrected chi connectivity index (χ1v) is 8.41. The maximum Gasteiger partial charge on any atom is 0.243 e. The molecule has 0 atom stereocenters. The Labute approximate surface area is 149 Å². The van der Waals surface area contributed by atoms with Crippen LogP contribution in [0.1, 0.15) is 0 Å². The molecule has 2 aromatic heterocycles. The molecule has 0 fully saturated rings. The number of hydrogen-bond donors (Lipinski definition) is 1. The Hall–Kier alpha value is -2.87. The number of carbonyl (C=O) groups excluding carboxylic acids is 1. The molecule has 0 aliphatic heterocycles. The molecule has 0 unspecified atom stereocenters. The zero-order valence-electron chi connectivity index (χ0n) is 14.1. The van der Waals surface area contributed by atoms with Crippen molar-refractivity contribution < 1.29 is 14.3 Å². The molecule has 0 bridgehead atoms. The maximum absolute atomic E-state index is 12.4. The van der Waals surface area contributed by atoms with Crippen LogP contribution in [0.2, 0.25) is 0 Å². The molecular formula is C17H18N4O3S. The van der Waals surface area contributed by atoms with Gasteiger partial charge < -0.3 is 19.7 Å². The minimum atomic E-state index is -0.167. The van der Waals surface area contributed by atoms with Crippen LogP contribution in [0, 0.1) is 0 Å². The highest BCUT2D eigenvalue weighted by Gasteiger charge is 2.13. The molecule has 0 radical (unpaired) electrons. The molecule has 1 amide bonds. The summed E-state index contributed by atoms with van der Waals surface area (Å²) in [5, 5.41) is 5.75. The summed E-state index contributed by atoms with van der Waals surface area (Å²) in [6, 6.07) is 7.18. The number of ether oxygens (including phenoxy) is 2. The summed E-state index contributed by atoms with van der Waals surface area (Å²) in [6.45, 7) is 0.154. The molecule has 130 valence electrons. The lowest BCUT2D eigenvalue weighted by atomic mass is 10.2. The average molecular weight is 358 g/mol. The Balaban J connectivity index is 1.73. The molecule has 3 rings (SSSR count). The highest BCUT2D eigenvalue weighted by atomic mass is 32.1. The first-order valence-electron chi connectivity index (χ1n) is 7.53. The third-order valence-electron chi connectivity index (χ3n) is 3.62. The van der Waals surface area contributed by atoms with Gasteiger partial charge >= 0.3 is 0 Å². The zero-order chi connectivity index (χ0) is 17.8. The van der Waals surface area contributed by atoms with E-state index in [1.807, 2.05) is 18.5 Å². The number of nitrogens with one attached hydrogen (secondary N) is 1. The van der Waals surface area contributed by atoms with Crippen molar-refractivity contribution in [3.8, 4) is 11.5 Å². The third-order valence-corrected chi connectivity index (χ3v) is 4.44. The first-order chi connectivity index (χ1) is 12.1. The van der Waals surface area contributed by atoms with Crippen LogP contribution in [0.3, 0.4) is 0 Å². The van der Waals surface area contributed by atoms with Gasteiger partial charge in [0.15, 0.2) is 0 Å². The molecule has 3 aromatic rings. The van der Waals surface area contributed by atoms with Crippen LogP contribution in [0.25, 0.3) is 10.2 Å². The lowest BCUT2D eigenvalue weighted by molar-refractivity contribution is -0.114. The Morgan fingerprint density at radius 1 is 1.20 bits per heavy atom. The quantitative estimate of drug-likeness (QED) is 0.730. The number of likely N-dealkylation sites (N-methyl/N-ethyl adjacent to an activating group) is 1. The summed E-state index contributed by atoms with van der Waals surface area (Å²) >= 11 is 1.54. The average Bonchev–Trinajstić information content (AvgIpc) is 3.09. The number of methoxy groups -OCH3 is 2. The largest absolute Gasteiger partial charge is 0.497 e. The fourth-order valence-corrected chi connectivity index (χ4v) is 3.18. The Kier molecular flexibility index (Phi) is 4.99. The lowest BCUT2D eigenvalue weighted by Gasteiger charge is -2.18. The number of aromatic nitrogens is 2. The van der Waals surface area contributed by atoms with Crippen molar-refractivity contribution >= 4 is 39.0 Å². The zero-order valence-corrected chi connectivity index (χ0v) is 15.0. The van der Waals surface area contributed by atoms with Gasteiger partial charge in [0.1, 0.15) is 28.5 Å². The molecule has 1 aromatic carbocycles. The van der Waals surface area contributed by atoms with Crippen molar-refractivity contribution in [2.24, 2.45) is 0 Å². The molecule has 1 N–H and O–H groups in total. The number of amides is 1. The number of rotatable bonds is 6. The minimum Gasteiger partial charge on any atom is -0.497 e. The van der Waals surface area contributed by atoms with Gasteiger partial charge in [-0.3, -0.25) is 4.79 Å². The number of anilines is 2. The highest BCUT2D eigenvalue weighted by Crippen LogP contribution is 2.27. The van der Waals surface area contributed by atoms with Crippen molar-refractivity contribution in [2.45, 2.75) is 0 Å². The second-order valence-corrected chi connectivity index (χ2v) is 6.24. The van der Waals surface area contributed by atoms with Gasteiger partial charge in [0.05, 0.1) is 26.2 Å². The van der Waals surface area contributed by atoms with E-state index in [1.54, 1.807) is 48.7 Å². The van der Waals surface area contributed by atoms with Crippen molar-refractivity contribution in [3.05, 3.63) is 36.0 Å². The minimum absolute atomic E-state index is 0.154. The SMILES string of the molecule is COc1cc(NC(=O)CN(C)c2ncnc3sccc23)cc(OC)c1. The van der Waals surface area contributed by atoms with E-state index in [4.69, 9.17) is 9.47 Å². The van der Waals surface area contributed by atoms with Crippen LogP contribution < -0.4 is 19.7 Å². The number of thiophene rings is 1. The molecule has 0 saturated heterocycles. The normalized spacial score (nSPS) is 10.5. The molecule has 7 nitrogen and oxygen atoms in total. The van der Waals surface area contributed by atoms with Crippen LogP contribution in [0.4, 0.5) is 11.5 Å². The van der Waals surface area contributed by atoms with Crippen LogP contribution in [0.15, 0.2) is 36.0 Å². The standard InChI is InChI=1S/C17H18N4O3S/c1-21(16-14-4-5-25-17(14)19-10-18-16)9-15(22)20-11-6-12(23-2)8-13(7-11)24-3/h4-8,10H,9H2,1-3H3,(H,20,22). The number of hydrogen-bond acceptors (Lipinski definition) is 7. The lowest BCUT2D eigenvalue weighted by Crippen LogP contribution is -2.30. The van der Waals surface area contributed by atoms with E-state index in [1.165, 1.54) is 6.33 Å². The van der Waals surface area contributed by atoms with Gasteiger partial charge in [-0.1, -0.05) is 0 Å². The van der Waals surface area contributed by atoms with Crippen LogP contribution >= 0.6 is 11.3 Å². The smallest absolute Gasteiger partial charge is 0.243 e. The van der Waals surface area contributed by atoms with Crippen molar-refractivity contribution in [1.82, 2.24) is 9.97 Å². The monoisotopic (exact) mass is 358 g/mol. The van der Waals surface area contributed by atoms with E-state index >= 15 is 0 Å². The Morgan fingerprint density at radius 2 is 1.92 bits per heavy atom. The molecule has 0 aliphatic carbocycles. The Bertz CT molecular complexity index is 874. The van der Waals surface area contributed by atoms with Crippen molar-refractivity contribution in [2.75, 3.05) is 38.0 Å². The van der Waals surface area contributed by atoms with Gasteiger partial charge in [-0.15, -0.1) is 11.3 Å². The van der Waals surface area contributed by atoms with E-state index < -0.39 is 0 Å². The van der Waals surface area contributed by atoms with E-state index in [9.17, 15) is 4.79 Å². The molecule has 2 heterocycles. The second-order valence-electron chi connectivity index (χ2n) is 5.34. The summed E-state index contributed by atoms with van der Waals surface area (Å²) < 4.78 is 10.4. The molecule has 0 spiro atoms. The third kappa shape index (κ3) is 3.80. The van der Waals surface area contributed by atoms with E-state index in [2.05, 4.69) is 15.3 Å². The maximum atomic E-state index is 12.4. The van der Waals surface area contributed by atoms with Crippen LogP contribution in [0.5, 0.6) is 11.5 Å². The van der Waals surface area contributed by atoms with Crippen molar-refractivity contribution in [1.29, 1.82) is 0 Å². The van der Waals surface area contributed by atoms with E-state index in [-0.39, 0.29) is 12.5 Å². The van der Waals surface area contributed by atoms with Gasteiger partial charge in [0.2, 0.25) is 5.91 Å². The first kappa shape index (κ1) is 17.0. The number of nitrogens with zero attached hydrogens (tertiary/aromatic N) is 3. The topological polar surface area (TPSA) is 76.6 Å². The van der Waals surface area contributed by atoms with Gasteiger partial charge in [0, 0.05) is 30.9 Å². The molecule has 25 heavy (non-hydrogen) atoms. The fraction of sp³-hybridized carbons (Fsp3) is 0.235. The summed E-state index contributed by atoms with van der Waals surface area (Å²) in [4.78, 5) is 23.6. The molecular weight excluding hydrogens is 340 g/mol. The van der Waals surface area contributed by atoms with Gasteiger partial charge in [0.25, 0.3) is 0 Å². The second kappa shape index (κ2) is 7.35. The number of benzene rings is 1. The predicted molar refractivity (Wildman–Crippen MR) is 98.9 cm³/mol. The number of fused-ring (bicyclic) bond motifs is 1. The molecule has 0 aliphatic rings. The Morgan fingerprint density at radius 3 is 2.60 bits per heavy atom. The fourth-order valence-electron chi connectivity index (χ4n) is 2.45. The highest BCUT2D eigenvalue weighted by molar-refractivity contribution is 7.16.